The average Bonchev–Trinajstić information content (AvgIpc) is 2.85. The largest absolute Gasteiger partial charge is 0.481 e. The van der Waals surface area contributed by atoms with Crippen LogP contribution in [0, 0.1) is 5.82 Å². The number of amides is 1. The predicted octanol–water partition coefficient (Wildman–Crippen LogP) is 3.23. The number of pyridine rings is 1. The van der Waals surface area contributed by atoms with Crippen LogP contribution in [0.4, 0.5) is 10.1 Å². The van der Waals surface area contributed by atoms with E-state index in [-0.39, 0.29) is 13.0 Å². The molecule has 3 rings (SSSR count). The number of methoxy groups -OCH3 is 1. The molecule has 180 valence electrons. The molecule has 3 aromatic rings. The third-order valence-corrected chi connectivity index (χ3v) is 5.85. The van der Waals surface area contributed by atoms with E-state index in [0.717, 1.165) is 5.56 Å². The van der Waals surface area contributed by atoms with Gasteiger partial charge < -0.3 is 26.6 Å². The molecule has 7 nitrogen and oxygen atoms in total. The lowest BCUT2D eigenvalue weighted by Gasteiger charge is -2.25. The number of aliphatic hydroxyl groups excluding tert-OH is 1. The summed E-state index contributed by atoms with van der Waals surface area (Å²) >= 11 is 6.05. The Morgan fingerprint density at radius 2 is 1.85 bits per heavy atom. The van der Waals surface area contributed by atoms with Gasteiger partial charge in [0.05, 0.1) is 19.8 Å². The number of ether oxygens (including phenoxy) is 1. The van der Waals surface area contributed by atoms with Gasteiger partial charge in [-0.15, -0.1) is 0 Å². The molecule has 0 fully saturated rings. The molecule has 34 heavy (non-hydrogen) atoms. The van der Waals surface area contributed by atoms with E-state index in [0.29, 0.717) is 34.1 Å². The van der Waals surface area contributed by atoms with Crippen molar-refractivity contribution in [1.82, 2.24) is 4.98 Å². The second kappa shape index (κ2) is 11.9. The van der Waals surface area contributed by atoms with Gasteiger partial charge >= 0.3 is 0 Å². The Balaban J connectivity index is 1.89. The molecule has 9 heteroatoms. The van der Waals surface area contributed by atoms with Gasteiger partial charge in [-0.2, -0.15) is 0 Å². The number of anilines is 1. The number of nitrogens with one attached hydrogen (secondary N) is 1. The van der Waals surface area contributed by atoms with Crippen LogP contribution < -0.4 is 21.5 Å². The number of nitrogens with two attached hydrogens (primary N) is 2. The van der Waals surface area contributed by atoms with Crippen LogP contribution in [-0.2, 0) is 11.2 Å². The van der Waals surface area contributed by atoms with Crippen LogP contribution in [0.2, 0.25) is 5.02 Å². The number of rotatable bonds is 10. The highest BCUT2D eigenvalue weighted by Crippen LogP contribution is 2.30. The Morgan fingerprint density at radius 3 is 2.47 bits per heavy atom. The first-order valence-electron chi connectivity index (χ1n) is 10.8. The Hall–Kier alpha value is -3.04. The maximum atomic E-state index is 14.5. The number of aromatic nitrogens is 1. The molecule has 2 aromatic carbocycles. The summed E-state index contributed by atoms with van der Waals surface area (Å²) in [5.41, 5.74) is 14.3. The van der Waals surface area contributed by atoms with E-state index >= 15 is 0 Å². The number of hydrogen-bond acceptors (Lipinski definition) is 6. The topological polar surface area (TPSA) is 123 Å². The van der Waals surface area contributed by atoms with Gasteiger partial charge in [-0.1, -0.05) is 35.9 Å². The van der Waals surface area contributed by atoms with Crippen molar-refractivity contribution in [2.45, 2.75) is 30.8 Å². The van der Waals surface area contributed by atoms with Crippen LogP contribution in [0.3, 0.4) is 0 Å². The number of nitrogens with zero attached hydrogens (tertiary/aromatic N) is 1. The van der Waals surface area contributed by atoms with E-state index in [1.54, 1.807) is 48.7 Å². The molecule has 0 aliphatic carbocycles. The van der Waals surface area contributed by atoms with Crippen LogP contribution in [0.1, 0.15) is 29.0 Å². The molecular weight excluding hydrogens is 459 g/mol. The highest BCUT2D eigenvalue weighted by atomic mass is 35.5. The van der Waals surface area contributed by atoms with E-state index in [1.807, 2.05) is 0 Å². The normalized spacial score (nSPS) is 13.7. The van der Waals surface area contributed by atoms with Crippen molar-refractivity contribution < 1.29 is 19.0 Å². The first kappa shape index (κ1) is 25.6. The summed E-state index contributed by atoms with van der Waals surface area (Å²) in [6, 6.07) is 13.5. The van der Waals surface area contributed by atoms with E-state index in [4.69, 9.17) is 27.8 Å². The van der Waals surface area contributed by atoms with Gasteiger partial charge in [-0.3, -0.25) is 4.79 Å². The Bertz CT molecular complexity index is 1100. The summed E-state index contributed by atoms with van der Waals surface area (Å²) < 4.78 is 19.7. The van der Waals surface area contributed by atoms with Crippen molar-refractivity contribution in [3.63, 3.8) is 0 Å². The van der Waals surface area contributed by atoms with Crippen molar-refractivity contribution in [1.29, 1.82) is 0 Å². The molecule has 1 amide bonds. The number of hydrogen-bond donors (Lipinski definition) is 4. The third-order valence-electron chi connectivity index (χ3n) is 5.59. The molecule has 0 bridgehead atoms. The van der Waals surface area contributed by atoms with Crippen LogP contribution in [0.15, 0.2) is 60.8 Å². The summed E-state index contributed by atoms with van der Waals surface area (Å²) in [5.74, 6) is -1.07. The summed E-state index contributed by atoms with van der Waals surface area (Å²) in [6.45, 7) is -0.209. The first-order valence-corrected chi connectivity index (χ1v) is 11.2. The fraction of sp³-hybridized carbons (Fsp3) is 0.280. The van der Waals surface area contributed by atoms with Crippen molar-refractivity contribution in [2.75, 3.05) is 19.0 Å². The molecule has 0 saturated heterocycles. The highest BCUT2D eigenvalue weighted by Gasteiger charge is 2.29. The lowest BCUT2D eigenvalue weighted by molar-refractivity contribution is -0.117. The van der Waals surface area contributed by atoms with Gasteiger partial charge in [0.1, 0.15) is 5.82 Å². The van der Waals surface area contributed by atoms with Crippen LogP contribution in [-0.4, -0.2) is 41.8 Å². The fourth-order valence-corrected chi connectivity index (χ4v) is 3.82. The molecule has 0 radical (unpaired) electrons. The number of halogens is 2. The zero-order chi connectivity index (χ0) is 24.7. The molecule has 0 aliphatic rings. The molecule has 6 N–H and O–H groups in total. The molecule has 0 unspecified atom stereocenters. The molecule has 0 spiro atoms. The van der Waals surface area contributed by atoms with Gasteiger partial charge in [0.2, 0.25) is 11.8 Å². The molecule has 0 saturated carbocycles. The minimum atomic E-state index is -1.02. The molecule has 3 atom stereocenters. The zero-order valence-electron chi connectivity index (χ0n) is 18.7. The molecule has 0 aliphatic heterocycles. The van der Waals surface area contributed by atoms with E-state index in [2.05, 4.69) is 10.3 Å². The second-order valence-electron chi connectivity index (χ2n) is 7.93. The lowest BCUT2D eigenvalue weighted by Crippen LogP contribution is -2.41. The second-order valence-corrected chi connectivity index (χ2v) is 8.36. The van der Waals surface area contributed by atoms with Gasteiger partial charge in [0, 0.05) is 40.5 Å². The maximum Gasteiger partial charge on any atom is 0.242 e. The highest BCUT2D eigenvalue weighted by molar-refractivity contribution is 6.30. The van der Waals surface area contributed by atoms with Crippen molar-refractivity contribution in [3.8, 4) is 5.88 Å². The first-order chi connectivity index (χ1) is 16.3. The minimum Gasteiger partial charge on any atom is -0.481 e. The SMILES string of the molecule is COc1ccc([C@H](c2ccc(Cl)cc2)[C@H](N)C(=O)Nc2cccc(F)c2CC[C@H](N)CO)cn1. The van der Waals surface area contributed by atoms with Crippen molar-refractivity contribution in [3.05, 3.63) is 88.3 Å². The zero-order valence-corrected chi connectivity index (χ0v) is 19.5. The standard InChI is InChI=1S/C25H28ClFN4O3/c1-34-22-12-7-16(13-30-22)23(15-5-8-17(26)9-6-15)24(29)25(33)31-21-4-2-3-20(27)19(21)11-10-18(28)14-32/h2-9,12-13,18,23-24,32H,10-11,14,28-29H2,1H3,(H,31,33)/t18-,23-,24-/m0/s1. The summed E-state index contributed by atoms with van der Waals surface area (Å²) in [7, 11) is 1.52. The van der Waals surface area contributed by atoms with Crippen LogP contribution in [0.5, 0.6) is 5.88 Å². The minimum absolute atomic E-state index is 0.209. The fourth-order valence-electron chi connectivity index (χ4n) is 3.69. The summed E-state index contributed by atoms with van der Waals surface area (Å²) in [5, 5.41) is 12.5. The van der Waals surface area contributed by atoms with Gasteiger partial charge in [-0.05, 0) is 48.2 Å². The van der Waals surface area contributed by atoms with Gasteiger partial charge in [0.25, 0.3) is 0 Å². The Kier molecular flexibility index (Phi) is 8.95. The molecule has 1 heterocycles. The number of benzene rings is 2. The number of carbonyl (C=O) groups is 1. The Morgan fingerprint density at radius 1 is 1.15 bits per heavy atom. The van der Waals surface area contributed by atoms with Crippen LogP contribution in [0.25, 0.3) is 0 Å². The average molecular weight is 487 g/mol. The van der Waals surface area contributed by atoms with Gasteiger partial charge in [-0.25, -0.2) is 9.37 Å². The lowest BCUT2D eigenvalue weighted by atomic mass is 9.85. The smallest absolute Gasteiger partial charge is 0.242 e. The van der Waals surface area contributed by atoms with E-state index in [1.165, 1.54) is 19.2 Å². The predicted molar refractivity (Wildman–Crippen MR) is 130 cm³/mol. The maximum absolute atomic E-state index is 14.5. The van der Waals surface area contributed by atoms with Crippen LogP contribution >= 0.6 is 11.6 Å². The molecule has 1 aromatic heterocycles. The number of carbonyl (C=O) groups excluding carboxylic acids is 1. The monoisotopic (exact) mass is 486 g/mol. The summed E-state index contributed by atoms with van der Waals surface area (Å²) in [6.07, 6.45) is 2.22. The third kappa shape index (κ3) is 6.30. The van der Waals surface area contributed by atoms with E-state index in [9.17, 15) is 14.3 Å². The van der Waals surface area contributed by atoms with Crippen molar-refractivity contribution >= 4 is 23.2 Å². The van der Waals surface area contributed by atoms with Crippen molar-refractivity contribution in [2.24, 2.45) is 11.5 Å². The molecular formula is C25H28ClFN4O3. The van der Waals surface area contributed by atoms with Gasteiger partial charge in [0.15, 0.2) is 0 Å². The number of aliphatic hydroxyl groups is 1. The quantitative estimate of drug-likeness (QED) is 0.349. The van der Waals surface area contributed by atoms with E-state index < -0.39 is 29.7 Å². The summed E-state index contributed by atoms with van der Waals surface area (Å²) in [4.78, 5) is 17.5. The Labute approximate surface area is 202 Å².